The normalized spacial score (nSPS) is 9.47. The van der Waals surface area contributed by atoms with Crippen LogP contribution in [0.15, 0.2) is 0 Å². The molecular formula is C12H26MgO6. The minimum Gasteiger partial charge on any atom is -0.853 e. The summed E-state index contributed by atoms with van der Waals surface area (Å²) in [6.45, 7) is 7.81. The summed E-state index contributed by atoms with van der Waals surface area (Å²) in [6.07, 6.45) is 0. The van der Waals surface area contributed by atoms with E-state index in [9.17, 15) is 10.2 Å². The third-order valence-corrected chi connectivity index (χ3v) is 1.61. The molecule has 0 aliphatic rings. The first-order chi connectivity index (χ1) is 8.83. The van der Waals surface area contributed by atoms with Crippen LogP contribution in [0.3, 0.4) is 0 Å². The average Bonchev–Trinajstić information content (AvgIpc) is 2.39. The Morgan fingerprint density at radius 3 is 1.16 bits per heavy atom. The maximum absolute atomic E-state index is 9.80. The average molecular weight is 291 g/mol. The van der Waals surface area contributed by atoms with Crippen molar-refractivity contribution in [2.45, 2.75) is 13.8 Å². The maximum Gasteiger partial charge on any atom is 2.00 e. The fourth-order valence-corrected chi connectivity index (χ4v) is 0.846. The second kappa shape index (κ2) is 27.0. The summed E-state index contributed by atoms with van der Waals surface area (Å²) in [5.41, 5.74) is 0. The molecule has 0 saturated carbocycles. The molecule has 112 valence electrons. The molecule has 0 unspecified atom stereocenters. The van der Waals surface area contributed by atoms with Gasteiger partial charge in [-0.2, -0.15) is 0 Å². The van der Waals surface area contributed by atoms with E-state index in [1.807, 2.05) is 13.8 Å². The van der Waals surface area contributed by atoms with Crippen LogP contribution in [0.5, 0.6) is 0 Å². The molecule has 0 heterocycles. The van der Waals surface area contributed by atoms with Crippen molar-refractivity contribution in [2.24, 2.45) is 0 Å². The van der Waals surface area contributed by atoms with Gasteiger partial charge in [0.05, 0.1) is 26.4 Å². The van der Waals surface area contributed by atoms with Crippen molar-refractivity contribution in [3.05, 3.63) is 0 Å². The molecule has 0 amide bonds. The molecule has 0 aliphatic heterocycles. The van der Waals surface area contributed by atoms with Crippen LogP contribution in [0.1, 0.15) is 13.8 Å². The van der Waals surface area contributed by atoms with E-state index in [4.69, 9.17) is 18.9 Å². The van der Waals surface area contributed by atoms with E-state index in [-0.39, 0.29) is 36.3 Å². The summed E-state index contributed by atoms with van der Waals surface area (Å²) < 4.78 is 19.6. The third kappa shape index (κ3) is 32.2. The first-order valence-corrected chi connectivity index (χ1v) is 6.30. The maximum atomic E-state index is 9.80. The number of hydrogen-bond acceptors (Lipinski definition) is 6. The van der Waals surface area contributed by atoms with Gasteiger partial charge in [-0.05, 0) is 13.8 Å². The van der Waals surface area contributed by atoms with E-state index in [1.54, 1.807) is 0 Å². The molecule has 0 radical (unpaired) electrons. The van der Waals surface area contributed by atoms with E-state index in [1.165, 1.54) is 0 Å². The van der Waals surface area contributed by atoms with Crippen molar-refractivity contribution < 1.29 is 29.2 Å². The second-order valence-corrected chi connectivity index (χ2v) is 3.03. The summed E-state index contributed by atoms with van der Waals surface area (Å²) >= 11 is 0. The van der Waals surface area contributed by atoms with Gasteiger partial charge in [0.25, 0.3) is 0 Å². The number of ether oxygens (including phenoxy) is 4. The van der Waals surface area contributed by atoms with Gasteiger partial charge >= 0.3 is 23.1 Å². The Morgan fingerprint density at radius 1 is 0.579 bits per heavy atom. The Morgan fingerprint density at radius 2 is 0.895 bits per heavy atom. The standard InChI is InChI=1S/2C6H13O3.Mg/c2*1-2-8-5-6-9-4-3-7;/h2*2-6H2,1H3;/q2*-1;+2. The van der Waals surface area contributed by atoms with E-state index >= 15 is 0 Å². The molecule has 0 spiro atoms. The van der Waals surface area contributed by atoms with Gasteiger partial charge in [-0.3, -0.25) is 0 Å². The largest absolute Gasteiger partial charge is 2.00 e. The van der Waals surface area contributed by atoms with Crippen LogP contribution in [0.2, 0.25) is 0 Å². The summed E-state index contributed by atoms with van der Waals surface area (Å²) in [6, 6.07) is 0. The zero-order chi connectivity index (χ0) is 13.9. The number of rotatable bonds is 12. The van der Waals surface area contributed by atoms with E-state index < -0.39 is 0 Å². The Kier molecular flexibility index (Phi) is 34.8. The van der Waals surface area contributed by atoms with Crippen molar-refractivity contribution in [3.8, 4) is 0 Å². The van der Waals surface area contributed by atoms with Crippen LogP contribution >= 0.6 is 0 Å². The molecule has 0 aliphatic carbocycles. The Labute approximate surface area is 132 Å². The minimum absolute atomic E-state index is 0. The monoisotopic (exact) mass is 290 g/mol. The van der Waals surface area contributed by atoms with Gasteiger partial charge in [0.2, 0.25) is 0 Å². The zero-order valence-corrected chi connectivity index (χ0v) is 13.6. The molecule has 0 aromatic heterocycles. The van der Waals surface area contributed by atoms with E-state index in [0.29, 0.717) is 52.9 Å². The predicted octanol–water partition coefficient (Wildman–Crippen LogP) is -1.58. The smallest absolute Gasteiger partial charge is 0.853 e. The van der Waals surface area contributed by atoms with Crippen LogP contribution in [0.4, 0.5) is 0 Å². The summed E-state index contributed by atoms with van der Waals surface area (Å²) in [4.78, 5) is 0. The Bertz CT molecular complexity index is 103. The van der Waals surface area contributed by atoms with Gasteiger partial charge in [0, 0.05) is 26.4 Å². The van der Waals surface area contributed by atoms with Crippen LogP contribution < -0.4 is 10.2 Å². The first kappa shape index (κ1) is 24.5. The quantitative estimate of drug-likeness (QED) is 0.319. The molecular weight excluding hydrogens is 264 g/mol. The fourth-order valence-electron chi connectivity index (χ4n) is 0.846. The molecule has 7 heteroatoms. The molecule has 0 bridgehead atoms. The van der Waals surface area contributed by atoms with Crippen LogP contribution in [0.25, 0.3) is 0 Å². The van der Waals surface area contributed by atoms with E-state index in [0.717, 1.165) is 0 Å². The van der Waals surface area contributed by atoms with Gasteiger partial charge in [0.1, 0.15) is 0 Å². The van der Waals surface area contributed by atoms with Crippen LogP contribution in [0, 0.1) is 0 Å². The predicted molar refractivity (Wildman–Crippen MR) is 70.1 cm³/mol. The van der Waals surface area contributed by atoms with E-state index in [2.05, 4.69) is 0 Å². The SMILES string of the molecule is CCOCCOCC[O-].CCOCCOCC[O-].[Mg+2]. The molecule has 19 heavy (non-hydrogen) atoms. The third-order valence-electron chi connectivity index (χ3n) is 1.61. The molecule has 0 N–H and O–H groups in total. The van der Waals surface area contributed by atoms with Crippen LogP contribution in [-0.2, 0) is 18.9 Å². The minimum atomic E-state index is -0.161. The second-order valence-electron chi connectivity index (χ2n) is 3.03. The molecule has 0 fully saturated rings. The van der Waals surface area contributed by atoms with Crippen molar-refractivity contribution in [1.29, 1.82) is 0 Å². The van der Waals surface area contributed by atoms with Gasteiger partial charge in [-0.15, -0.1) is 13.2 Å². The summed E-state index contributed by atoms with van der Waals surface area (Å²) in [7, 11) is 0. The van der Waals surface area contributed by atoms with Gasteiger partial charge in [-0.1, -0.05) is 0 Å². The fraction of sp³-hybridized carbons (Fsp3) is 1.00. The van der Waals surface area contributed by atoms with Gasteiger partial charge < -0.3 is 29.2 Å². The van der Waals surface area contributed by atoms with Gasteiger partial charge in [-0.25, -0.2) is 0 Å². The molecule has 0 saturated heterocycles. The van der Waals surface area contributed by atoms with Crippen LogP contribution in [-0.4, -0.2) is 89.1 Å². The Balaban J connectivity index is -0.000000256. The number of hydrogen-bond donors (Lipinski definition) is 0. The van der Waals surface area contributed by atoms with Gasteiger partial charge in [0.15, 0.2) is 0 Å². The van der Waals surface area contributed by atoms with Crippen molar-refractivity contribution in [1.82, 2.24) is 0 Å². The molecule has 0 atom stereocenters. The molecule has 0 aromatic rings. The Hall–Kier alpha value is 0.526. The molecule has 6 nitrogen and oxygen atoms in total. The van der Waals surface area contributed by atoms with Crippen molar-refractivity contribution in [2.75, 3.05) is 66.1 Å². The molecule has 0 aromatic carbocycles. The summed E-state index contributed by atoms with van der Waals surface area (Å²) in [5, 5.41) is 19.6. The topological polar surface area (TPSA) is 83.0 Å². The zero-order valence-electron chi connectivity index (χ0n) is 12.2. The van der Waals surface area contributed by atoms with Crippen molar-refractivity contribution in [3.63, 3.8) is 0 Å². The summed E-state index contributed by atoms with van der Waals surface area (Å²) in [5.74, 6) is 0. The van der Waals surface area contributed by atoms with Crippen molar-refractivity contribution >= 4 is 23.1 Å². The first-order valence-electron chi connectivity index (χ1n) is 6.30. The molecule has 0 rings (SSSR count).